The molecule has 0 amide bonds. The normalized spacial score (nSPS) is 9.94. The van der Waals surface area contributed by atoms with Gasteiger partial charge in [0.15, 0.2) is 0 Å². The summed E-state index contributed by atoms with van der Waals surface area (Å²) in [5.41, 5.74) is 7.46. The van der Waals surface area contributed by atoms with Crippen LogP contribution in [0.15, 0.2) is 24.3 Å². The number of rotatable bonds is 2. The highest BCUT2D eigenvalue weighted by atomic mass is 16.5. The maximum Gasteiger partial charge on any atom is 0.140 e. The number of aromatic nitrogens is 2. The molecule has 0 fully saturated rings. The first kappa shape index (κ1) is 11.0. The van der Waals surface area contributed by atoms with Gasteiger partial charge in [-0.2, -0.15) is 10.4 Å². The average Bonchev–Trinajstić information content (AvgIpc) is 2.65. The number of nitrogens with zero attached hydrogens (tertiary/aromatic N) is 3. The molecule has 17 heavy (non-hydrogen) atoms. The number of para-hydroxylation sites is 1. The van der Waals surface area contributed by atoms with E-state index >= 15 is 0 Å². The lowest BCUT2D eigenvalue weighted by Crippen LogP contribution is -1.97. The minimum absolute atomic E-state index is 0.355. The summed E-state index contributed by atoms with van der Waals surface area (Å²) in [5.74, 6) is 1.02. The minimum Gasteiger partial charge on any atom is -0.496 e. The lowest BCUT2D eigenvalue weighted by Gasteiger charge is -2.05. The van der Waals surface area contributed by atoms with Crippen LogP contribution in [-0.4, -0.2) is 16.9 Å². The number of nitriles is 1. The van der Waals surface area contributed by atoms with Gasteiger partial charge in [0.1, 0.15) is 28.9 Å². The van der Waals surface area contributed by atoms with Crippen molar-refractivity contribution >= 4 is 5.82 Å². The standard InChI is InChI=1S/C12H12N4O/c1-16-12(14)9(7-13)11(15-16)8-5-3-4-6-10(8)17-2/h3-6H,14H2,1-2H3. The maximum absolute atomic E-state index is 9.11. The molecule has 1 heterocycles. The van der Waals surface area contributed by atoms with Crippen molar-refractivity contribution in [1.29, 1.82) is 5.26 Å². The topological polar surface area (TPSA) is 76.9 Å². The van der Waals surface area contributed by atoms with Crippen LogP contribution < -0.4 is 10.5 Å². The Morgan fingerprint density at radius 3 is 2.76 bits per heavy atom. The number of anilines is 1. The number of methoxy groups -OCH3 is 1. The predicted molar refractivity (Wildman–Crippen MR) is 64.3 cm³/mol. The Kier molecular flexibility index (Phi) is 2.71. The van der Waals surface area contributed by atoms with Crippen molar-refractivity contribution in [3.05, 3.63) is 29.8 Å². The number of benzene rings is 1. The maximum atomic E-state index is 9.11. The van der Waals surface area contributed by atoms with Crippen molar-refractivity contribution in [3.63, 3.8) is 0 Å². The van der Waals surface area contributed by atoms with E-state index in [-0.39, 0.29) is 0 Å². The van der Waals surface area contributed by atoms with Gasteiger partial charge in [-0.1, -0.05) is 12.1 Å². The fourth-order valence-corrected chi connectivity index (χ4v) is 1.68. The van der Waals surface area contributed by atoms with Crippen LogP contribution >= 0.6 is 0 Å². The molecule has 0 aliphatic heterocycles. The molecule has 2 aromatic rings. The van der Waals surface area contributed by atoms with Crippen LogP contribution in [0.2, 0.25) is 0 Å². The van der Waals surface area contributed by atoms with Gasteiger partial charge in [0.2, 0.25) is 0 Å². The Morgan fingerprint density at radius 1 is 1.41 bits per heavy atom. The van der Waals surface area contributed by atoms with Gasteiger partial charge in [0.05, 0.1) is 7.11 Å². The molecule has 5 nitrogen and oxygen atoms in total. The summed E-state index contributed by atoms with van der Waals surface area (Å²) in [6, 6.07) is 9.47. The van der Waals surface area contributed by atoms with Crippen LogP contribution in [0, 0.1) is 11.3 Å². The Hall–Kier alpha value is -2.48. The highest BCUT2D eigenvalue weighted by Gasteiger charge is 2.17. The van der Waals surface area contributed by atoms with Crippen LogP contribution in [-0.2, 0) is 7.05 Å². The van der Waals surface area contributed by atoms with E-state index in [0.29, 0.717) is 22.8 Å². The van der Waals surface area contributed by atoms with Gasteiger partial charge >= 0.3 is 0 Å². The van der Waals surface area contributed by atoms with E-state index < -0.39 is 0 Å². The van der Waals surface area contributed by atoms with Gasteiger partial charge in [0.25, 0.3) is 0 Å². The van der Waals surface area contributed by atoms with Crippen LogP contribution in [0.1, 0.15) is 5.56 Å². The van der Waals surface area contributed by atoms with Crippen LogP contribution in [0.4, 0.5) is 5.82 Å². The molecular weight excluding hydrogens is 216 g/mol. The van der Waals surface area contributed by atoms with Crippen molar-refractivity contribution in [2.45, 2.75) is 0 Å². The summed E-state index contributed by atoms with van der Waals surface area (Å²) in [6.45, 7) is 0. The fraction of sp³-hybridized carbons (Fsp3) is 0.167. The average molecular weight is 228 g/mol. The van der Waals surface area contributed by atoms with Gasteiger partial charge in [-0.25, -0.2) is 0 Å². The number of nitrogens with two attached hydrogens (primary N) is 1. The Balaban J connectivity index is 2.69. The molecule has 0 unspecified atom stereocenters. The zero-order valence-corrected chi connectivity index (χ0v) is 9.64. The van der Waals surface area contributed by atoms with E-state index in [1.54, 1.807) is 14.2 Å². The molecule has 1 aromatic heterocycles. The molecule has 0 spiro atoms. The van der Waals surface area contributed by atoms with Crippen LogP contribution in [0.3, 0.4) is 0 Å². The molecule has 1 aromatic carbocycles. The van der Waals surface area contributed by atoms with Gasteiger partial charge in [-0.3, -0.25) is 4.68 Å². The fourth-order valence-electron chi connectivity index (χ4n) is 1.68. The number of ether oxygens (including phenoxy) is 1. The summed E-state index contributed by atoms with van der Waals surface area (Å²) in [5, 5.41) is 13.4. The van der Waals surface area contributed by atoms with Crippen molar-refractivity contribution in [2.24, 2.45) is 7.05 Å². The third-order valence-corrected chi connectivity index (χ3v) is 2.57. The summed E-state index contributed by atoms with van der Waals surface area (Å²) in [6.07, 6.45) is 0. The monoisotopic (exact) mass is 228 g/mol. The molecule has 0 saturated carbocycles. The SMILES string of the molecule is COc1ccccc1-c1nn(C)c(N)c1C#N. The Bertz CT molecular complexity index is 595. The Morgan fingerprint density at radius 2 is 2.12 bits per heavy atom. The van der Waals surface area contributed by atoms with E-state index in [0.717, 1.165) is 5.56 Å². The minimum atomic E-state index is 0.355. The van der Waals surface area contributed by atoms with Crippen molar-refractivity contribution in [2.75, 3.05) is 12.8 Å². The van der Waals surface area contributed by atoms with E-state index in [9.17, 15) is 0 Å². The molecule has 2 N–H and O–H groups in total. The van der Waals surface area contributed by atoms with Gasteiger partial charge in [-0.05, 0) is 12.1 Å². The smallest absolute Gasteiger partial charge is 0.140 e. The summed E-state index contributed by atoms with van der Waals surface area (Å²) >= 11 is 0. The molecular formula is C12H12N4O. The molecule has 2 rings (SSSR count). The molecule has 5 heteroatoms. The summed E-state index contributed by atoms with van der Waals surface area (Å²) in [7, 11) is 3.28. The molecule has 0 radical (unpaired) electrons. The van der Waals surface area contributed by atoms with E-state index in [4.69, 9.17) is 15.7 Å². The molecule has 0 atom stereocenters. The first-order valence-corrected chi connectivity index (χ1v) is 5.05. The van der Waals surface area contributed by atoms with E-state index in [2.05, 4.69) is 11.2 Å². The highest BCUT2D eigenvalue weighted by molar-refractivity contribution is 5.76. The first-order valence-electron chi connectivity index (χ1n) is 5.05. The molecule has 0 aliphatic rings. The van der Waals surface area contributed by atoms with E-state index in [1.165, 1.54) is 4.68 Å². The molecule has 86 valence electrons. The zero-order valence-electron chi connectivity index (χ0n) is 9.64. The van der Waals surface area contributed by atoms with Gasteiger partial charge in [0, 0.05) is 12.6 Å². The highest BCUT2D eigenvalue weighted by Crippen LogP contribution is 2.32. The number of hydrogen-bond acceptors (Lipinski definition) is 4. The quantitative estimate of drug-likeness (QED) is 0.846. The van der Waals surface area contributed by atoms with Crippen molar-refractivity contribution in [3.8, 4) is 23.1 Å². The first-order chi connectivity index (χ1) is 8.19. The largest absolute Gasteiger partial charge is 0.496 e. The number of nitrogen functional groups attached to an aromatic ring is 1. The third kappa shape index (κ3) is 1.70. The van der Waals surface area contributed by atoms with Crippen molar-refractivity contribution < 1.29 is 4.74 Å². The van der Waals surface area contributed by atoms with Gasteiger partial charge < -0.3 is 10.5 Å². The number of hydrogen-bond donors (Lipinski definition) is 1. The van der Waals surface area contributed by atoms with Crippen LogP contribution in [0.5, 0.6) is 5.75 Å². The molecule has 0 saturated heterocycles. The lowest BCUT2D eigenvalue weighted by molar-refractivity contribution is 0.416. The zero-order chi connectivity index (χ0) is 12.4. The predicted octanol–water partition coefficient (Wildman–Crippen LogP) is 1.55. The van der Waals surface area contributed by atoms with Crippen molar-refractivity contribution in [1.82, 2.24) is 9.78 Å². The number of aryl methyl sites for hydroxylation is 1. The van der Waals surface area contributed by atoms with Crippen LogP contribution in [0.25, 0.3) is 11.3 Å². The van der Waals surface area contributed by atoms with E-state index in [1.807, 2.05) is 24.3 Å². The second-order valence-electron chi connectivity index (χ2n) is 3.54. The second kappa shape index (κ2) is 4.18. The molecule has 0 bridgehead atoms. The summed E-state index contributed by atoms with van der Waals surface area (Å²) in [4.78, 5) is 0. The van der Waals surface area contributed by atoms with Gasteiger partial charge in [-0.15, -0.1) is 0 Å². The lowest BCUT2D eigenvalue weighted by atomic mass is 10.1. The summed E-state index contributed by atoms with van der Waals surface area (Å²) < 4.78 is 6.74. The molecule has 0 aliphatic carbocycles. The Labute approximate surface area is 99.0 Å². The third-order valence-electron chi connectivity index (χ3n) is 2.57. The second-order valence-corrected chi connectivity index (χ2v) is 3.54.